The van der Waals surface area contributed by atoms with Crippen molar-refractivity contribution in [1.82, 2.24) is 4.90 Å². The lowest BCUT2D eigenvalue weighted by molar-refractivity contribution is -0.130. The van der Waals surface area contributed by atoms with Crippen molar-refractivity contribution in [3.05, 3.63) is 35.4 Å². The zero-order valence-corrected chi connectivity index (χ0v) is 11.5. The Morgan fingerprint density at radius 1 is 1.28 bits per heavy atom. The van der Waals surface area contributed by atoms with Gasteiger partial charge in [-0.1, -0.05) is 38.1 Å². The Balaban J connectivity index is 2.46. The maximum absolute atomic E-state index is 11.5. The van der Waals surface area contributed by atoms with Crippen LogP contribution in [0.4, 0.5) is 0 Å². The Kier molecular flexibility index (Phi) is 5.86. The summed E-state index contributed by atoms with van der Waals surface area (Å²) in [5, 5.41) is 8.71. The molecule has 0 atom stereocenters. The van der Waals surface area contributed by atoms with E-state index in [-0.39, 0.29) is 18.9 Å². The maximum atomic E-state index is 11.5. The Morgan fingerprint density at radius 3 is 2.39 bits per heavy atom. The second-order valence-corrected chi connectivity index (χ2v) is 4.94. The van der Waals surface area contributed by atoms with Crippen LogP contribution in [0.15, 0.2) is 24.3 Å². The van der Waals surface area contributed by atoms with Crippen LogP contribution in [0.2, 0.25) is 0 Å². The Hall–Kier alpha value is -1.35. The van der Waals surface area contributed by atoms with Gasteiger partial charge in [0.1, 0.15) is 0 Å². The minimum absolute atomic E-state index is 0.00343. The first-order chi connectivity index (χ1) is 8.54. The van der Waals surface area contributed by atoms with E-state index in [4.69, 9.17) is 5.11 Å². The molecule has 1 N–H and O–H groups in total. The van der Waals surface area contributed by atoms with Crippen LogP contribution in [0.1, 0.15) is 37.3 Å². The standard InChI is InChI=1S/C15H23NO2/c1-12(2)14-6-4-13(5-7-14)8-10-16(3)15(18)9-11-17/h4-7,12,17H,8-11H2,1-3H3. The smallest absolute Gasteiger partial charge is 0.224 e. The molecular formula is C15H23NO2. The Morgan fingerprint density at radius 2 is 1.89 bits per heavy atom. The molecule has 0 aromatic heterocycles. The third-order valence-corrected chi connectivity index (χ3v) is 3.13. The van der Waals surface area contributed by atoms with Gasteiger partial charge in [-0.05, 0) is 23.5 Å². The normalized spacial score (nSPS) is 10.7. The maximum Gasteiger partial charge on any atom is 0.224 e. The van der Waals surface area contributed by atoms with E-state index in [0.29, 0.717) is 12.5 Å². The molecule has 1 aromatic carbocycles. The van der Waals surface area contributed by atoms with E-state index in [1.807, 2.05) is 0 Å². The third kappa shape index (κ3) is 4.49. The van der Waals surface area contributed by atoms with E-state index in [9.17, 15) is 4.79 Å². The molecule has 0 aliphatic heterocycles. The number of aliphatic hydroxyl groups excluding tert-OH is 1. The van der Waals surface area contributed by atoms with Gasteiger partial charge in [0.25, 0.3) is 0 Å². The summed E-state index contributed by atoms with van der Waals surface area (Å²) in [6, 6.07) is 8.55. The highest BCUT2D eigenvalue weighted by Gasteiger charge is 2.07. The first-order valence-corrected chi connectivity index (χ1v) is 6.48. The third-order valence-electron chi connectivity index (χ3n) is 3.13. The van der Waals surface area contributed by atoms with E-state index < -0.39 is 0 Å². The quantitative estimate of drug-likeness (QED) is 0.839. The fourth-order valence-corrected chi connectivity index (χ4v) is 1.78. The average molecular weight is 249 g/mol. The van der Waals surface area contributed by atoms with Gasteiger partial charge in [0.05, 0.1) is 6.61 Å². The summed E-state index contributed by atoms with van der Waals surface area (Å²) in [6.45, 7) is 4.97. The second kappa shape index (κ2) is 7.17. The molecule has 0 aliphatic carbocycles. The number of carbonyl (C=O) groups excluding carboxylic acids is 1. The van der Waals surface area contributed by atoms with Gasteiger partial charge >= 0.3 is 0 Å². The van der Waals surface area contributed by atoms with Crippen molar-refractivity contribution in [3.8, 4) is 0 Å². The van der Waals surface area contributed by atoms with Crippen molar-refractivity contribution >= 4 is 5.91 Å². The Labute approximate surface area is 109 Å². The average Bonchev–Trinajstić information content (AvgIpc) is 2.36. The van der Waals surface area contributed by atoms with Crippen molar-refractivity contribution in [2.45, 2.75) is 32.6 Å². The van der Waals surface area contributed by atoms with Crippen LogP contribution in [0.25, 0.3) is 0 Å². The van der Waals surface area contributed by atoms with Crippen LogP contribution in [0, 0.1) is 0 Å². The SMILES string of the molecule is CC(C)c1ccc(CCN(C)C(=O)CCO)cc1. The molecule has 1 aromatic rings. The van der Waals surface area contributed by atoms with E-state index in [1.54, 1.807) is 11.9 Å². The molecule has 0 spiro atoms. The highest BCUT2D eigenvalue weighted by atomic mass is 16.3. The van der Waals surface area contributed by atoms with Crippen LogP contribution in [-0.2, 0) is 11.2 Å². The largest absolute Gasteiger partial charge is 0.396 e. The predicted octanol–water partition coefficient (Wildman–Crippen LogP) is 2.19. The van der Waals surface area contributed by atoms with Crippen LogP contribution in [0.5, 0.6) is 0 Å². The zero-order chi connectivity index (χ0) is 13.5. The summed E-state index contributed by atoms with van der Waals surface area (Å²) in [7, 11) is 1.78. The number of rotatable bonds is 6. The van der Waals surface area contributed by atoms with Gasteiger partial charge in [-0.2, -0.15) is 0 Å². The molecule has 0 heterocycles. The zero-order valence-electron chi connectivity index (χ0n) is 11.5. The van der Waals surface area contributed by atoms with Crippen molar-refractivity contribution in [1.29, 1.82) is 0 Å². The number of amides is 1. The lowest BCUT2D eigenvalue weighted by Gasteiger charge is -2.16. The van der Waals surface area contributed by atoms with Gasteiger partial charge in [0.2, 0.25) is 5.91 Å². The fraction of sp³-hybridized carbons (Fsp3) is 0.533. The molecule has 3 heteroatoms. The lowest BCUT2D eigenvalue weighted by atomic mass is 10.0. The number of likely N-dealkylation sites (N-methyl/N-ethyl adjacent to an activating group) is 1. The molecule has 0 saturated heterocycles. The molecular weight excluding hydrogens is 226 g/mol. The monoisotopic (exact) mass is 249 g/mol. The number of hydrogen-bond donors (Lipinski definition) is 1. The molecule has 3 nitrogen and oxygen atoms in total. The highest BCUT2D eigenvalue weighted by Crippen LogP contribution is 2.15. The minimum atomic E-state index is -0.0771. The van der Waals surface area contributed by atoms with Crippen molar-refractivity contribution in [2.24, 2.45) is 0 Å². The fourth-order valence-electron chi connectivity index (χ4n) is 1.78. The second-order valence-electron chi connectivity index (χ2n) is 4.94. The summed E-state index contributed by atoms with van der Waals surface area (Å²) in [4.78, 5) is 13.1. The van der Waals surface area contributed by atoms with Gasteiger partial charge in [-0.25, -0.2) is 0 Å². The molecule has 0 radical (unpaired) electrons. The van der Waals surface area contributed by atoms with Gasteiger partial charge in [-0.3, -0.25) is 4.79 Å². The van der Waals surface area contributed by atoms with Crippen molar-refractivity contribution in [2.75, 3.05) is 20.2 Å². The topological polar surface area (TPSA) is 40.5 Å². The molecule has 0 unspecified atom stereocenters. The summed E-state index contributed by atoms with van der Waals surface area (Å²) >= 11 is 0. The Bertz CT molecular complexity index is 371. The van der Waals surface area contributed by atoms with Crippen molar-refractivity contribution in [3.63, 3.8) is 0 Å². The van der Waals surface area contributed by atoms with Crippen LogP contribution in [-0.4, -0.2) is 36.1 Å². The molecule has 0 bridgehead atoms. The van der Waals surface area contributed by atoms with E-state index in [1.165, 1.54) is 11.1 Å². The molecule has 0 saturated carbocycles. The summed E-state index contributed by atoms with van der Waals surface area (Å²) < 4.78 is 0. The van der Waals surface area contributed by atoms with Crippen LogP contribution in [0.3, 0.4) is 0 Å². The van der Waals surface area contributed by atoms with Crippen LogP contribution < -0.4 is 0 Å². The van der Waals surface area contributed by atoms with Gasteiger partial charge < -0.3 is 10.0 Å². The van der Waals surface area contributed by atoms with Crippen molar-refractivity contribution < 1.29 is 9.90 Å². The highest BCUT2D eigenvalue weighted by molar-refractivity contribution is 5.75. The molecule has 1 amide bonds. The molecule has 0 aliphatic rings. The number of carbonyl (C=O) groups is 1. The summed E-state index contributed by atoms with van der Waals surface area (Å²) in [5.74, 6) is 0.546. The summed E-state index contributed by atoms with van der Waals surface area (Å²) in [5.41, 5.74) is 2.58. The van der Waals surface area contributed by atoms with Crippen LogP contribution >= 0.6 is 0 Å². The number of aliphatic hydroxyl groups is 1. The first kappa shape index (κ1) is 14.7. The van der Waals surface area contributed by atoms with E-state index >= 15 is 0 Å². The van der Waals surface area contributed by atoms with Gasteiger partial charge in [-0.15, -0.1) is 0 Å². The lowest BCUT2D eigenvalue weighted by Crippen LogP contribution is -2.29. The minimum Gasteiger partial charge on any atom is -0.396 e. The van der Waals surface area contributed by atoms with Gasteiger partial charge in [0.15, 0.2) is 0 Å². The molecule has 1 rings (SSSR count). The number of benzene rings is 1. The number of hydrogen-bond acceptors (Lipinski definition) is 2. The summed E-state index contributed by atoms with van der Waals surface area (Å²) in [6.07, 6.45) is 1.06. The molecule has 100 valence electrons. The number of nitrogens with zero attached hydrogens (tertiary/aromatic N) is 1. The van der Waals surface area contributed by atoms with E-state index in [0.717, 1.165) is 6.42 Å². The van der Waals surface area contributed by atoms with E-state index in [2.05, 4.69) is 38.1 Å². The molecule has 18 heavy (non-hydrogen) atoms. The predicted molar refractivity (Wildman–Crippen MR) is 73.6 cm³/mol. The first-order valence-electron chi connectivity index (χ1n) is 6.48. The van der Waals surface area contributed by atoms with Gasteiger partial charge in [0, 0.05) is 20.0 Å². The molecule has 0 fully saturated rings.